The van der Waals surface area contributed by atoms with Crippen molar-refractivity contribution >= 4 is 29.1 Å². The Morgan fingerprint density at radius 2 is 2.11 bits per heavy atom. The van der Waals surface area contributed by atoms with Crippen LogP contribution < -0.4 is 10.2 Å². The van der Waals surface area contributed by atoms with Crippen LogP contribution in [0.3, 0.4) is 0 Å². The Labute approximate surface area is 126 Å². The molecule has 0 saturated heterocycles. The number of nitrogens with zero attached hydrogens (tertiary/aromatic N) is 1. The number of thioether (sulfide) groups is 1. The van der Waals surface area contributed by atoms with Crippen LogP contribution >= 0.6 is 23.4 Å². The summed E-state index contributed by atoms with van der Waals surface area (Å²) >= 11 is 8.06. The summed E-state index contributed by atoms with van der Waals surface area (Å²) in [6.45, 7) is 6.24. The zero-order chi connectivity index (χ0) is 14.3. The standard InChI is InChI=1S/C15H25ClN2S/c1-5-14(11-19-4)18(3)15-9-13(16)8-7-12(15)10-17-6-2/h7-9,14,17H,5-6,10-11H2,1-4H3. The van der Waals surface area contributed by atoms with Crippen molar-refractivity contribution in [1.82, 2.24) is 5.32 Å². The van der Waals surface area contributed by atoms with E-state index in [1.165, 1.54) is 11.3 Å². The Balaban J connectivity index is 2.97. The number of hydrogen-bond acceptors (Lipinski definition) is 3. The molecule has 0 aliphatic rings. The average molecular weight is 301 g/mol. The van der Waals surface area contributed by atoms with E-state index in [0.717, 1.165) is 30.3 Å². The van der Waals surface area contributed by atoms with Crippen molar-refractivity contribution in [2.75, 3.05) is 30.5 Å². The Bertz CT molecular complexity index is 384. The predicted molar refractivity (Wildman–Crippen MR) is 89.7 cm³/mol. The van der Waals surface area contributed by atoms with E-state index in [4.69, 9.17) is 11.6 Å². The second kappa shape index (κ2) is 8.72. The zero-order valence-corrected chi connectivity index (χ0v) is 13.9. The molecular formula is C15H25ClN2S. The van der Waals surface area contributed by atoms with Crippen molar-refractivity contribution in [2.24, 2.45) is 0 Å². The first-order valence-electron chi connectivity index (χ1n) is 6.84. The maximum Gasteiger partial charge on any atom is 0.0426 e. The summed E-state index contributed by atoms with van der Waals surface area (Å²) in [5, 5.41) is 4.20. The summed E-state index contributed by atoms with van der Waals surface area (Å²) in [5.41, 5.74) is 2.56. The number of anilines is 1. The van der Waals surface area contributed by atoms with Crippen LogP contribution in [0.4, 0.5) is 5.69 Å². The van der Waals surface area contributed by atoms with Crippen molar-refractivity contribution in [1.29, 1.82) is 0 Å². The lowest BCUT2D eigenvalue weighted by atomic mass is 10.1. The maximum atomic E-state index is 6.17. The minimum Gasteiger partial charge on any atom is -0.370 e. The molecule has 4 heteroatoms. The van der Waals surface area contributed by atoms with Crippen molar-refractivity contribution in [3.8, 4) is 0 Å². The van der Waals surface area contributed by atoms with E-state index in [0.29, 0.717) is 6.04 Å². The molecule has 1 aromatic carbocycles. The number of hydrogen-bond donors (Lipinski definition) is 1. The van der Waals surface area contributed by atoms with Crippen LogP contribution in [-0.2, 0) is 6.54 Å². The SMILES string of the molecule is CCNCc1ccc(Cl)cc1N(C)C(CC)CSC. The van der Waals surface area contributed by atoms with Gasteiger partial charge in [0.2, 0.25) is 0 Å². The highest BCUT2D eigenvalue weighted by Crippen LogP contribution is 2.27. The average Bonchev–Trinajstić information content (AvgIpc) is 2.42. The molecule has 1 N–H and O–H groups in total. The van der Waals surface area contributed by atoms with Gasteiger partial charge in [0.25, 0.3) is 0 Å². The molecule has 1 unspecified atom stereocenters. The van der Waals surface area contributed by atoms with Gasteiger partial charge in [0.05, 0.1) is 0 Å². The van der Waals surface area contributed by atoms with Crippen molar-refractivity contribution in [3.05, 3.63) is 28.8 Å². The van der Waals surface area contributed by atoms with E-state index >= 15 is 0 Å². The van der Waals surface area contributed by atoms with Crippen LogP contribution in [0.1, 0.15) is 25.8 Å². The third-order valence-corrected chi connectivity index (χ3v) is 4.32. The molecular weight excluding hydrogens is 276 g/mol. The fourth-order valence-corrected chi connectivity index (χ4v) is 3.18. The van der Waals surface area contributed by atoms with E-state index in [1.807, 2.05) is 17.8 Å². The molecule has 0 aliphatic heterocycles. The molecule has 1 aromatic rings. The van der Waals surface area contributed by atoms with Crippen LogP contribution in [0.15, 0.2) is 18.2 Å². The van der Waals surface area contributed by atoms with Crippen molar-refractivity contribution in [2.45, 2.75) is 32.9 Å². The van der Waals surface area contributed by atoms with Gasteiger partial charge in [0.1, 0.15) is 0 Å². The Morgan fingerprint density at radius 3 is 2.68 bits per heavy atom. The first kappa shape index (κ1) is 16.7. The summed E-state index contributed by atoms with van der Waals surface area (Å²) in [7, 11) is 2.17. The van der Waals surface area contributed by atoms with Gasteiger partial charge in [0.15, 0.2) is 0 Å². The highest BCUT2D eigenvalue weighted by molar-refractivity contribution is 7.98. The van der Waals surface area contributed by atoms with Crippen molar-refractivity contribution in [3.63, 3.8) is 0 Å². The molecule has 19 heavy (non-hydrogen) atoms. The predicted octanol–water partition coefficient (Wildman–Crippen LogP) is 4.03. The third-order valence-electron chi connectivity index (χ3n) is 3.37. The summed E-state index contributed by atoms with van der Waals surface area (Å²) in [5.74, 6) is 1.14. The monoisotopic (exact) mass is 300 g/mol. The molecule has 0 heterocycles. The molecule has 0 spiro atoms. The molecule has 0 bridgehead atoms. The van der Waals surface area contributed by atoms with Gasteiger partial charge in [0, 0.05) is 36.1 Å². The first-order chi connectivity index (χ1) is 9.13. The largest absolute Gasteiger partial charge is 0.370 e. The molecule has 0 amide bonds. The van der Waals surface area contributed by atoms with E-state index in [2.05, 4.69) is 49.5 Å². The van der Waals surface area contributed by atoms with Gasteiger partial charge in [-0.25, -0.2) is 0 Å². The van der Waals surface area contributed by atoms with Crippen LogP contribution in [0.25, 0.3) is 0 Å². The Morgan fingerprint density at radius 1 is 1.37 bits per heavy atom. The van der Waals surface area contributed by atoms with Gasteiger partial charge in [-0.05, 0) is 36.9 Å². The summed E-state index contributed by atoms with van der Waals surface area (Å²) in [4.78, 5) is 2.37. The lowest BCUT2D eigenvalue weighted by Crippen LogP contribution is -2.34. The van der Waals surface area contributed by atoms with Gasteiger partial charge in [-0.1, -0.05) is 31.5 Å². The maximum absolute atomic E-state index is 6.17. The van der Waals surface area contributed by atoms with Gasteiger partial charge in [-0.2, -0.15) is 11.8 Å². The van der Waals surface area contributed by atoms with Crippen LogP contribution in [-0.4, -0.2) is 31.6 Å². The van der Waals surface area contributed by atoms with Crippen LogP contribution in [0.2, 0.25) is 5.02 Å². The number of rotatable bonds is 8. The van der Waals surface area contributed by atoms with E-state index in [1.54, 1.807) is 0 Å². The fraction of sp³-hybridized carbons (Fsp3) is 0.600. The van der Waals surface area contributed by atoms with Crippen LogP contribution in [0, 0.1) is 0 Å². The minimum atomic E-state index is 0.550. The van der Waals surface area contributed by atoms with Gasteiger partial charge in [-0.15, -0.1) is 0 Å². The lowest BCUT2D eigenvalue weighted by Gasteiger charge is -2.31. The highest BCUT2D eigenvalue weighted by atomic mass is 35.5. The lowest BCUT2D eigenvalue weighted by molar-refractivity contribution is 0.663. The highest BCUT2D eigenvalue weighted by Gasteiger charge is 2.16. The van der Waals surface area contributed by atoms with Gasteiger partial charge < -0.3 is 10.2 Å². The first-order valence-corrected chi connectivity index (χ1v) is 8.62. The summed E-state index contributed by atoms with van der Waals surface area (Å²) in [6, 6.07) is 6.73. The molecule has 1 rings (SSSR count). The van der Waals surface area contributed by atoms with E-state index in [-0.39, 0.29) is 0 Å². The van der Waals surface area contributed by atoms with Crippen LogP contribution in [0.5, 0.6) is 0 Å². The topological polar surface area (TPSA) is 15.3 Å². The normalized spacial score (nSPS) is 12.5. The Hall–Kier alpha value is -0.380. The molecule has 0 saturated carbocycles. The smallest absolute Gasteiger partial charge is 0.0426 e. The molecule has 0 aromatic heterocycles. The number of halogens is 1. The second-order valence-corrected chi connectivity index (χ2v) is 6.03. The minimum absolute atomic E-state index is 0.550. The summed E-state index contributed by atoms with van der Waals surface area (Å²) < 4.78 is 0. The Kier molecular flexibility index (Phi) is 7.66. The fourth-order valence-electron chi connectivity index (χ4n) is 2.17. The molecule has 0 fully saturated rings. The van der Waals surface area contributed by atoms with E-state index < -0.39 is 0 Å². The number of nitrogens with one attached hydrogen (secondary N) is 1. The number of benzene rings is 1. The molecule has 2 nitrogen and oxygen atoms in total. The molecule has 0 aliphatic carbocycles. The van der Waals surface area contributed by atoms with Gasteiger partial charge >= 0.3 is 0 Å². The quantitative estimate of drug-likeness (QED) is 0.780. The molecule has 108 valence electrons. The molecule has 1 atom stereocenters. The van der Waals surface area contributed by atoms with E-state index in [9.17, 15) is 0 Å². The second-order valence-electron chi connectivity index (χ2n) is 4.68. The summed E-state index contributed by atoms with van der Waals surface area (Å²) in [6.07, 6.45) is 3.30. The molecule has 0 radical (unpaired) electrons. The zero-order valence-electron chi connectivity index (χ0n) is 12.4. The van der Waals surface area contributed by atoms with Gasteiger partial charge in [-0.3, -0.25) is 0 Å². The van der Waals surface area contributed by atoms with Crippen molar-refractivity contribution < 1.29 is 0 Å². The third kappa shape index (κ3) is 4.90.